The molecule has 2 aromatic carbocycles. The maximum Gasteiger partial charge on any atom is 0.407 e. The number of nitrogens with one attached hydrogen (secondary N) is 2. The number of aliphatic hydroxyl groups excluding tert-OH is 1. The largest absolute Gasteiger partial charge is 0.444 e. The molecule has 12 heteroatoms. The van der Waals surface area contributed by atoms with Crippen molar-refractivity contribution in [3.05, 3.63) is 60.3 Å². The summed E-state index contributed by atoms with van der Waals surface area (Å²) in [7, 11) is -4.16. The molecule has 1 aliphatic heterocycles. The van der Waals surface area contributed by atoms with Gasteiger partial charge in [0.25, 0.3) is 10.0 Å². The van der Waals surface area contributed by atoms with E-state index in [1.54, 1.807) is 12.3 Å². The number of alkyl carbamates (subject to hydrolysis) is 1. The Morgan fingerprint density at radius 1 is 1.15 bits per heavy atom. The molecule has 11 nitrogen and oxygen atoms in total. The van der Waals surface area contributed by atoms with Gasteiger partial charge in [-0.25, -0.2) is 13.2 Å². The number of hydroxylamine groups is 1. The molecule has 1 amide bonds. The summed E-state index contributed by atoms with van der Waals surface area (Å²) in [5, 5.41) is 21.5. The maximum absolute atomic E-state index is 13.8. The van der Waals surface area contributed by atoms with Gasteiger partial charge in [-0.05, 0) is 43.0 Å². The molecule has 1 saturated heterocycles. The summed E-state index contributed by atoms with van der Waals surface area (Å²) in [6, 6.07) is 13.1. The lowest BCUT2D eigenvalue weighted by atomic mass is 10.0. The van der Waals surface area contributed by atoms with Gasteiger partial charge in [-0.2, -0.15) is 5.10 Å². The van der Waals surface area contributed by atoms with Crippen LogP contribution in [-0.4, -0.2) is 78.4 Å². The van der Waals surface area contributed by atoms with Crippen LogP contribution in [0.4, 0.5) is 4.79 Å². The number of H-pyrrole nitrogens is 1. The van der Waals surface area contributed by atoms with Crippen LogP contribution in [0.1, 0.15) is 37.7 Å². The molecule has 1 saturated carbocycles. The molecule has 1 aromatic heterocycles. The Morgan fingerprint density at radius 2 is 1.95 bits per heavy atom. The number of carbonyl (C=O) groups excluding carboxylic acids is 1. The van der Waals surface area contributed by atoms with Gasteiger partial charge in [-0.3, -0.25) is 9.94 Å². The number of rotatable bonds is 11. The maximum atomic E-state index is 13.8. The third-order valence-electron chi connectivity index (χ3n) is 7.11. The molecule has 2 fully saturated rings. The molecule has 3 atom stereocenters. The smallest absolute Gasteiger partial charge is 0.407 e. The first-order chi connectivity index (χ1) is 18.9. The van der Waals surface area contributed by atoms with Gasteiger partial charge in [0.1, 0.15) is 6.10 Å². The van der Waals surface area contributed by atoms with Crippen LogP contribution in [0.25, 0.3) is 10.9 Å². The second kappa shape index (κ2) is 12.4. The number of fused-ring (bicyclic) bond motifs is 1. The van der Waals surface area contributed by atoms with Gasteiger partial charge in [0.15, 0.2) is 0 Å². The number of aromatic nitrogens is 2. The van der Waals surface area contributed by atoms with Gasteiger partial charge in [0, 0.05) is 11.8 Å². The Hall–Kier alpha value is -3.03. The van der Waals surface area contributed by atoms with Crippen molar-refractivity contribution < 1.29 is 32.6 Å². The summed E-state index contributed by atoms with van der Waals surface area (Å²) >= 11 is 0. The van der Waals surface area contributed by atoms with Crippen molar-refractivity contribution in [2.75, 3.05) is 19.8 Å². The Labute approximate surface area is 227 Å². The number of sulfonamides is 1. The van der Waals surface area contributed by atoms with Crippen molar-refractivity contribution in [1.29, 1.82) is 0 Å². The Balaban J connectivity index is 1.37. The first-order valence-electron chi connectivity index (χ1n) is 13.3. The first-order valence-corrected chi connectivity index (χ1v) is 14.7. The lowest BCUT2D eigenvalue weighted by Gasteiger charge is -2.30. The molecule has 2 aliphatic rings. The van der Waals surface area contributed by atoms with E-state index in [1.165, 1.54) is 12.1 Å². The van der Waals surface area contributed by atoms with Gasteiger partial charge in [-0.15, -0.1) is 0 Å². The summed E-state index contributed by atoms with van der Waals surface area (Å²) < 4.78 is 39.2. The number of carbonyl (C=O) groups is 1. The van der Waals surface area contributed by atoms with E-state index in [2.05, 4.69) is 15.5 Å². The minimum absolute atomic E-state index is 0.0230. The summed E-state index contributed by atoms with van der Waals surface area (Å²) in [4.78, 5) is 18.7. The highest BCUT2D eigenvalue weighted by Crippen LogP contribution is 2.27. The Morgan fingerprint density at radius 3 is 2.69 bits per heavy atom. The lowest BCUT2D eigenvalue weighted by molar-refractivity contribution is -0.145. The molecular formula is C27H34N4O7S. The van der Waals surface area contributed by atoms with Crippen LogP contribution in [0.15, 0.2) is 59.6 Å². The van der Waals surface area contributed by atoms with Crippen molar-refractivity contribution in [1.82, 2.24) is 20.0 Å². The molecular weight excluding hydrogens is 524 g/mol. The van der Waals surface area contributed by atoms with E-state index >= 15 is 0 Å². The minimum Gasteiger partial charge on any atom is -0.444 e. The summed E-state index contributed by atoms with van der Waals surface area (Å²) in [5.74, 6) is 0. The number of hydrogen-bond acceptors (Lipinski definition) is 8. The lowest BCUT2D eigenvalue weighted by Crippen LogP contribution is -2.51. The SMILES string of the molecule is O=C(N[C@@H](Cc1ccccc1)[C@H](O)CN(OC1CCCC1)S(=O)(=O)c1ccc2[nH]ncc2c1)O[C@H]1CCOC1. The third kappa shape index (κ3) is 6.95. The fourth-order valence-electron chi connectivity index (χ4n) is 4.93. The van der Waals surface area contributed by atoms with E-state index in [0.717, 1.165) is 35.7 Å². The van der Waals surface area contributed by atoms with Crippen molar-refractivity contribution in [2.24, 2.45) is 0 Å². The predicted octanol–water partition coefficient (Wildman–Crippen LogP) is 2.92. The van der Waals surface area contributed by atoms with Gasteiger partial charge in [-0.1, -0.05) is 47.6 Å². The van der Waals surface area contributed by atoms with E-state index in [9.17, 15) is 18.3 Å². The highest BCUT2D eigenvalue weighted by Gasteiger charge is 2.35. The summed E-state index contributed by atoms with van der Waals surface area (Å²) in [6.07, 6.45) is 3.11. The topological polar surface area (TPSA) is 143 Å². The molecule has 3 N–H and O–H groups in total. The van der Waals surface area contributed by atoms with E-state index in [0.29, 0.717) is 30.5 Å². The van der Waals surface area contributed by atoms with Crippen LogP contribution < -0.4 is 5.32 Å². The predicted molar refractivity (Wildman–Crippen MR) is 142 cm³/mol. The molecule has 0 bridgehead atoms. The molecule has 0 spiro atoms. The van der Waals surface area contributed by atoms with Crippen LogP contribution in [0.3, 0.4) is 0 Å². The molecule has 1 aliphatic carbocycles. The number of aliphatic hydroxyl groups is 1. The van der Waals surface area contributed by atoms with Crippen molar-refractivity contribution in [3.8, 4) is 0 Å². The number of amides is 1. The van der Waals surface area contributed by atoms with Gasteiger partial charge in [0.05, 0.1) is 54.6 Å². The second-order valence-corrected chi connectivity index (χ2v) is 11.8. The highest BCUT2D eigenvalue weighted by atomic mass is 32.2. The second-order valence-electron chi connectivity index (χ2n) is 10.0. The number of benzene rings is 2. The fraction of sp³-hybridized carbons (Fsp3) is 0.481. The van der Waals surface area contributed by atoms with E-state index in [1.807, 2.05) is 30.3 Å². The van der Waals surface area contributed by atoms with Crippen LogP contribution in [0.2, 0.25) is 0 Å². The Bertz CT molecular complexity index is 1340. The molecule has 0 unspecified atom stereocenters. The number of hydrogen-bond donors (Lipinski definition) is 3. The molecule has 39 heavy (non-hydrogen) atoms. The number of ether oxygens (including phenoxy) is 2. The summed E-state index contributed by atoms with van der Waals surface area (Å²) in [6.45, 7) is 0.456. The average molecular weight is 559 g/mol. The van der Waals surface area contributed by atoms with Crippen LogP contribution in [0, 0.1) is 0 Å². The van der Waals surface area contributed by atoms with Gasteiger partial charge >= 0.3 is 6.09 Å². The summed E-state index contributed by atoms with van der Waals surface area (Å²) in [5.41, 5.74) is 1.57. The van der Waals surface area contributed by atoms with Crippen LogP contribution >= 0.6 is 0 Å². The zero-order chi connectivity index (χ0) is 27.2. The van der Waals surface area contributed by atoms with Crippen molar-refractivity contribution in [3.63, 3.8) is 0 Å². The number of nitrogens with zero attached hydrogens (tertiary/aromatic N) is 2. The molecule has 3 aromatic rings. The molecule has 5 rings (SSSR count). The zero-order valence-electron chi connectivity index (χ0n) is 21.6. The van der Waals surface area contributed by atoms with Crippen molar-refractivity contribution in [2.45, 2.75) is 67.8 Å². The fourth-order valence-corrected chi connectivity index (χ4v) is 6.27. The highest BCUT2D eigenvalue weighted by molar-refractivity contribution is 7.89. The molecule has 0 radical (unpaired) electrons. The van der Waals surface area contributed by atoms with E-state index < -0.39 is 28.3 Å². The van der Waals surface area contributed by atoms with E-state index in [-0.39, 0.29) is 30.1 Å². The van der Waals surface area contributed by atoms with Crippen LogP contribution in [0.5, 0.6) is 0 Å². The third-order valence-corrected chi connectivity index (χ3v) is 8.73. The minimum atomic E-state index is -4.16. The Kier molecular flexibility index (Phi) is 8.78. The standard InChI is InChI=1S/C27H34N4O7S/c32-26(25(14-19-6-2-1-3-7-19)29-27(33)37-22-12-13-36-18-22)17-31(38-21-8-4-5-9-21)39(34,35)23-10-11-24-20(15-23)16-28-30-24/h1-3,6-7,10-11,15-16,21-22,25-26,32H,4-5,8-9,12-14,17-18H2,(H,28,30)(H,29,33)/t22-,25-,26+/m0/s1. The van der Waals surface area contributed by atoms with Gasteiger partial charge < -0.3 is 19.9 Å². The normalized spacial score (nSPS) is 19.9. The zero-order valence-corrected chi connectivity index (χ0v) is 22.4. The monoisotopic (exact) mass is 558 g/mol. The average Bonchev–Trinajstić information content (AvgIpc) is 3.71. The number of aromatic amines is 1. The van der Waals surface area contributed by atoms with E-state index in [4.69, 9.17) is 14.3 Å². The van der Waals surface area contributed by atoms with Gasteiger partial charge in [0.2, 0.25) is 0 Å². The van der Waals surface area contributed by atoms with Crippen LogP contribution in [-0.2, 0) is 30.8 Å². The quantitative estimate of drug-likeness (QED) is 0.305. The first kappa shape index (κ1) is 27.5. The van der Waals surface area contributed by atoms with Crippen molar-refractivity contribution >= 4 is 27.0 Å². The molecule has 2 heterocycles. The molecule has 210 valence electrons.